The van der Waals surface area contributed by atoms with Gasteiger partial charge in [0, 0.05) is 15.8 Å². The quantitative estimate of drug-likeness (QED) is 0.864. The Morgan fingerprint density at radius 3 is 2.65 bits per heavy atom. The summed E-state index contributed by atoms with van der Waals surface area (Å²) >= 11 is 3.23. The minimum Gasteiger partial charge on any atom is -0.364 e. The van der Waals surface area contributed by atoms with Crippen molar-refractivity contribution in [3.8, 4) is 10.6 Å². The van der Waals surface area contributed by atoms with E-state index in [0.717, 1.165) is 16.3 Å². The zero-order valence-corrected chi connectivity index (χ0v) is 11.0. The fraction of sp³-hybridized carbons (Fsp3) is 0.167. The maximum absolute atomic E-state index is 10.9. The maximum atomic E-state index is 10.9. The molecule has 0 fully saturated rings. The maximum Gasteiger partial charge on any atom is 0.268 e. The molecule has 0 aliphatic heterocycles. The second-order valence-electron chi connectivity index (χ2n) is 3.36. The van der Waals surface area contributed by atoms with E-state index in [-0.39, 0.29) is 0 Å². The molecule has 0 radical (unpaired) electrons. The lowest BCUT2D eigenvalue weighted by atomic mass is 10.2. The summed E-state index contributed by atoms with van der Waals surface area (Å²) in [6.45, 7) is 2.12. The largest absolute Gasteiger partial charge is 0.364 e. The zero-order valence-electron chi connectivity index (χ0n) is 9.34. The average Bonchev–Trinajstić information content (AvgIpc) is 2.80. The molecule has 1 aromatic carbocycles. The van der Waals surface area contributed by atoms with Gasteiger partial charge < -0.3 is 5.73 Å². The summed E-state index contributed by atoms with van der Waals surface area (Å²) in [5.74, 6) is 0.577. The standard InChI is InChI=1S/C12H12N2OS2/c1-2-16-9-5-3-8(4-6-9)12-14-10(7-17-12)11(13)15/h3-7H,2H2,1H3,(H2,13,15). The third-order valence-corrected chi connectivity index (χ3v) is 3.95. The summed E-state index contributed by atoms with van der Waals surface area (Å²) in [7, 11) is 0. The normalized spacial score (nSPS) is 10.4. The highest BCUT2D eigenvalue weighted by atomic mass is 32.2. The number of thioether (sulfide) groups is 1. The second kappa shape index (κ2) is 5.33. The number of rotatable bonds is 4. The number of hydrogen-bond donors (Lipinski definition) is 1. The number of aromatic nitrogens is 1. The lowest BCUT2D eigenvalue weighted by Gasteiger charge is -1.99. The van der Waals surface area contributed by atoms with Crippen molar-refractivity contribution >= 4 is 29.0 Å². The predicted molar refractivity (Wildman–Crippen MR) is 72.5 cm³/mol. The third-order valence-electron chi connectivity index (χ3n) is 2.17. The van der Waals surface area contributed by atoms with E-state index in [4.69, 9.17) is 5.73 Å². The number of amides is 1. The van der Waals surface area contributed by atoms with E-state index in [1.807, 2.05) is 12.1 Å². The second-order valence-corrected chi connectivity index (χ2v) is 5.56. The fourth-order valence-electron chi connectivity index (χ4n) is 1.38. The van der Waals surface area contributed by atoms with Gasteiger partial charge in [-0.05, 0) is 17.9 Å². The van der Waals surface area contributed by atoms with Crippen molar-refractivity contribution in [2.75, 3.05) is 5.75 Å². The van der Waals surface area contributed by atoms with Crippen LogP contribution in [0.1, 0.15) is 17.4 Å². The minimum absolute atomic E-state index is 0.331. The molecule has 88 valence electrons. The van der Waals surface area contributed by atoms with Gasteiger partial charge in [-0.1, -0.05) is 19.1 Å². The molecule has 0 aliphatic carbocycles. The van der Waals surface area contributed by atoms with Crippen LogP contribution >= 0.6 is 23.1 Å². The highest BCUT2D eigenvalue weighted by Gasteiger charge is 2.08. The molecule has 1 heterocycles. The van der Waals surface area contributed by atoms with E-state index < -0.39 is 5.91 Å². The highest BCUT2D eigenvalue weighted by molar-refractivity contribution is 7.99. The van der Waals surface area contributed by atoms with Crippen LogP contribution < -0.4 is 5.73 Å². The van der Waals surface area contributed by atoms with Crippen LogP contribution in [-0.4, -0.2) is 16.6 Å². The Hall–Kier alpha value is -1.33. The summed E-state index contributed by atoms with van der Waals surface area (Å²) in [5.41, 5.74) is 6.52. The number of hydrogen-bond acceptors (Lipinski definition) is 4. The summed E-state index contributed by atoms with van der Waals surface area (Å²) in [6, 6.07) is 8.16. The number of benzene rings is 1. The van der Waals surface area contributed by atoms with E-state index in [9.17, 15) is 4.79 Å². The molecule has 0 saturated heterocycles. The van der Waals surface area contributed by atoms with E-state index in [0.29, 0.717) is 5.69 Å². The molecule has 3 nitrogen and oxygen atoms in total. The van der Waals surface area contributed by atoms with E-state index in [2.05, 4.69) is 24.0 Å². The number of nitrogens with two attached hydrogens (primary N) is 1. The molecule has 17 heavy (non-hydrogen) atoms. The van der Waals surface area contributed by atoms with Gasteiger partial charge in [0.1, 0.15) is 10.7 Å². The Morgan fingerprint density at radius 2 is 2.12 bits per heavy atom. The van der Waals surface area contributed by atoms with Gasteiger partial charge in [-0.2, -0.15) is 0 Å². The molecule has 0 aliphatic rings. The molecule has 0 unspecified atom stereocenters. The van der Waals surface area contributed by atoms with Gasteiger partial charge in [-0.15, -0.1) is 23.1 Å². The fourth-order valence-corrected chi connectivity index (χ4v) is 2.86. The molecule has 2 aromatic rings. The van der Waals surface area contributed by atoms with Crippen molar-refractivity contribution in [3.63, 3.8) is 0 Å². The molecule has 0 atom stereocenters. The van der Waals surface area contributed by atoms with Crippen LogP contribution in [0.4, 0.5) is 0 Å². The van der Waals surface area contributed by atoms with Crippen LogP contribution in [0.2, 0.25) is 0 Å². The Bertz CT molecular complexity index is 520. The molecular weight excluding hydrogens is 252 g/mol. The number of carbonyl (C=O) groups excluding carboxylic acids is 1. The van der Waals surface area contributed by atoms with Crippen molar-refractivity contribution in [2.24, 2.45) is 5.73 Å². The average molecular weight is 264 g/mol. The van der Waals surface area contributed by atoms with Crippen LogP contribution in [0.25, 0.3) is 10.6 Å². The smallest absolute Gasteiger partial charge is 0.268 e. The van der Waals surface area contributed by atoms with Crippen LogP contribution in [0.5, 0.6) is 0 Å². The monoisotopic (exact) mass is 264 g/mol. The molecule has 0 spiro atoms. The summed E-state index contributed by atoms with van der Waals surface area (Å²) in [5, 5.41) is 2.51. The van der Waals surface area contributed by atoms with Crippen LogP contribution in [0.3, 0.4) is 0 Å². The molecule has 0 saturated carbocycles. The molecular formula is C12H12N2OS2. The van der Waals surface area contributed by atoms with Crippen molar-refractivity contribution in [3.05, 3.63) is 35.3 Å². The summed E-state index contributed by atoms with van der Waals surface area (Å²) in [6.07, 6.45) is 0. The number of thiazole rings is 1. The van der Waals surface area contributed by atoms with Gasteiger partial charge in [-0.25, -0.2) is 4.98 Å². The lowest BCUT2D eigenvalue weighted by Crippen LogP contribution is -2.10. The van der Waals surface area contributed by atoms with Gasteiger partial charge in [0.25, 0.3) is 5.91 Å². The predicted octanol–water partition coefficient (Wildman–Crippen LogP) is 3.02. The zero-order chi connectivity index (χ0) is 12.3. The van der Waals surface area contributed by atoms with Crippen molar-refractivity contribution in [2.45, 2.75) is 11.8 Å². The molecule has 2 N–H and O–H groups in total. The first kappa shape index (κ1) is 12.1. The number of nitrogens with zero attached hydrogens (tertiary/aromatic N) is 1. The Labute approximate surface area is 108 Å². The first-order valence-electron chi connectivity index (χ1n) is 5.19. The SMILES string of the molecule is CCSc1ccc(-c2nc(C(N)=O)cs2)cc1. The lowest BCUT2D eigenvalue weighted by molar-refractivity contribution is 0.0996. The van der Waals surface area contributed by atoms with Crippen LogP contribution in [0, 0.1) is 0 Å². The van der Waals surface area contributed by atoms with E-state index >= 15 is 0 Å². The van der Waals surface area contributed by atoms with E-state index in [1.165, 1.54) is 16.2 Å². The number of carbonyl (C=O) groups is 1. The Kier molecular flexibility index (Phi) is 3.81. The first-order valence-corrected chi connectivity index (χ1v) is 7.06. The molecule has 2 rings (SSSR count). The first-order chi connectivity index (χ1) is 8.20. The minimum atomic E-state index is -0.481. The van der Waals surface area contributed by atoms with Gasteiger partial charge in [0.05, 0.1) is 0 Å². The highest BCUT2D eigenvalue weighted by Crippen LogP contribution is 2.26. The summed E-state index contributed by atoms with van der Waals surface area (Å²) in [4.78, 5) is 16.4. The van der Waals surface area contributed by atoms with Crippen molar-refractivity contribution in [1.29, 1.82) is 0 Å². The van der Waals surface area contributed by atoms with Crippen molar-refractivity contribution < 1.29 is 4.79 Å². The molecule has 0 bridgehead atoms. The van der Waals surface area contributed by atoms with E-state index in [1.54, 1.807) is 17.1 Å². The topological polar surface area (TPSA) is 56.0 Å². The van der Waals surface area contributed by atoms with Gasteiger partial charge in [0.2, 0.25) is 0 Å². The van der Waals surface area contributed by atoms with Gasteiger partial charge in [-0.3, -0.25) is 4.79 Å². The van der Waals surface area contributed by atoms with Crippen LogP contribution in [0.15, 0.2) is 34.5 Å². The molecule has 5 heteroatoms. The van der Waals surface area contributed by atoms with Gasteiger partial charge >= 0.3 is 0 Å². The van der Waals surface area contributed by atoms with Gasteiger partial charge in [0.15, 0.2) is 0 Å². The Morgan fingerprint density at radius 1 is 1.41 bits per heavy atom. The Balaban J connectivity index is 2.23. The number of primary amides is 1. The van der Waals surface area contributed by atoms with Crippen LogP contribution in [-0.2, 0) is 0 Å². The molecule has 1 amide bonds. The van der Waals surface area contributed by atoms with Crippen molar-refractivity contribution in [1.82, 2.24) is 4.98 Å². The third kappa shape index (κ3) is 2.87. The summed E-state index contributed by atoms with van der Waals surface area (Å²) < 4.78 is 0. The molecule has 1 aromatic heterocycles.